The Balaban J connectivity index is 2.81. The smallest absolute Gasteiger partial charge is 0.123 e. The molecule has 16 heavy (non-hydrogen) atoms. The monoisotopic (exact) mass is 221 g/mol. The molecular weight excluding hydrogens is 202 g/mol. The van der Waals surface area contributed by atoms with Crippen LogP contribution in [0.1, 0.15) is 12.5 Å². The first-order valence-corrected chi connectivity index (χ1v) is 5.32. The average molecular weight is 221 g/mol. The van der Waals surface area contributed by atoms with E-state index in [1.165, 1.54) is 0 Å². The number of ether oxygens (including phenoxy) is 2. The first-order valence-electron chi connectivity index (χ1n) is 5.32. The predicted octanol–water partition coefficient (Wildman–Crippen LogP) is 2.41. The van der Waals surface area contributed by atoms with E-state index in [1.807, 2.05) is 31.2 Å². The van der Waals surface area contributed by atoms with Crippen molar-refractivity contribution < 1.29 is 9.47 Å². The number of nitrogen functional groups attached to an aromatic ring is 1. The van der Waals surface area contributed by atoms with Crippen molar-refractivity contribution in [3.05, 3.63) is 36.4 Å². The van der Waals surface area contributed by atoms with Gasteiger partial charge in [-0.25, -0.2) is 0 Å². The Kier molecular flexibility index (Phi) is 4.86. The highest BCUT2D eigenvalue weighted by Gasteiger charge is 2.07. The van der Waals surface area contributed by atoms with Gasteiger partial charge in [-0.15, -0.1) is 6.58 Å². The molecule has 0 amide bonds. The van der Waals surface area contributed by atoms with Crippen molar-refractivity contribution in [3.8, 4) is 5.75 Å². The molecule has 0 fully saturated rings. The molecule has 1 rings (SSSR count). The van der Waals surface area contributed by atoms with Gasteiger partial charge in [-0.2, -0.15) is 0 Å². The summed E-state index contributed by atoms with van der Waals surface area (Å²) in [5, 5.41) is 0. The van der Waals surface area contributed by atoms with Crippen molar-refractivity contribution in [3.63, 3.8) is 0 Å². The third-order valence-corrected chi connectivity index (χ3v) is 2.18. The molecule has 3 nitrogen and oxygen atoms in total. The quantitative estimate of drug-likeness (QED) is 0.592. The first kappa shape index (κ1) is 12.6. The van der Waals surface area contributed by atoms with E-state index in [4.69, 9.17) is 15.2 Å². The van der Waals surface area contributed by atoms with Crippen molar-refractivity contribution in [2.24, 2.45) is 0 Å². The zero-order valence-electron chi connectivity index (χ0n) is 9.90. The van der Waals surface area contributed by atoms with Crippen LogP contribution in [-0.4, -0.2) is 19.8 Å². The van der Waals surface area contributed by atoms with Crippen LogP contribution >= 0.6 is 0 Å². The second-order valence-electron chi connectivity index (χ2n) is 3.74. The van der Waals surface area contributed by atoms with Crippen LogP contribution in [0.5, 0.6) is 5.75 Å². The van der Waals surface area contributed by atoms with E-state index in [9.17, 15) is 0 Å². The van der Waals surface area contributed by atoms with Crippen LogP contribution in [-0.2, 0) is 11.2 Å². The van der Waals surface area contributed by atoms with Gasteiger partial charge in [-0.1, -0.05) is 6.08 Å². The summed E-state index contributed by atoms with van der Waals surface area (Å²) in [6.07, 6.45) is 2.61. The Bertz CT molecular complexity index is 350. The number of hydrogen-bond donors (Lipinski definition) is 1. The van der Waals surface area contributed by atoms with Crippen LogP contribution in [0.2, 0.25) is 0 Å². The molecule has 1 aromatic rings. The number of allylic oxidation sites excluding steroid dienone is 1. The average Bonchev–Trinajstić information content (AvgIpc) is 2.23. The number of anilines is 1. The van der Waals surface area contributed by atoms with Gasteiger partial charge >= 0.3 is 0 Å². The molecule has 1 unspecified atom stereocenters. The summed E-state index contributed by atoms with van der Waals surface area (Å²) >= 11 is 0. The second kappa shape index (κ2) is 6.18. The van der Waals surface area contributed by atoms with E-state index in [-0.39, 0.29) is 6.10 Å². The van der Waals surface area contributed by atoms with Gasteiger partial charge in [0.2, 0.25) is 0 Å². The van der Waals surface area contributed by atoms with Crippen molar-refractivity contribution >= 4 is 5.69 Å². The van der Waals surface area contributed by atoms with Gasteiger partial charge in [-0.3, -0.25) is 0 Å². The van der Waals surface area contributed by atoms with E-state index >= 15 is 0 Å². The van der Waals surface area contributed by atoms with Gasteiger partial charge in [0.1, 0.15) is 11.9 Å². The van der Waals surface area contributed by atoms with Crippen LogP contribution in [0.15, 0.2) is 30.9 Å². The molecule has 0 radical (unpaired) electrons. The van der Waals surface area contributed by atoms with Gasteiger partial charge in [-0.05, 0) is 37.1 Å². The molecule has 0 aliphatic rings. The van der Waals surface area contributed by atoms with Crippen LogP contribution in [0.4, 0.5) is 5.69 Å². The lowest BCUT2D eigenvalue weighted by atomic mass is 10.1. The number of benzene rings is 1. The van der Waals surface area contributed by atoms with Gasteiger partial charge in [0, 0.05) is 12.8 Å². The molecule has 0 saturated carbocycles. The number of nitrogens with two attached hydrogens (primary N) is 1. The summed E-state index contributed by atoms with van der Waals surface area (Å²) < 4.78 is 10.8. The number of rotatable bonds is 6. The lowest BCUT2D eigenvalue weighted by Gasteiger charge is -2.16. The van der Waals surface area contributed by atoms with Crippen molar-refractivity contribution in [2.45, 2.75) is 19.4 Å². The fourth-order valence-corrected chi connectivity index (χ4v) is 1.51. The molecule has 0 saturated heterocycles. The molecule has 0 aliphatic carbocycles. The maximum absolute atomic E-state index is 5.77. The van der Waals surface area contributed by atoms with Gasteiger partial charge in [0.15, 0.2) is 0 Å². The first-order chi connectivity index (χ1) is 7.67. The lowest BCUT2D eigenvalue weighted by molar-refractivity contribution is 0.0915. The molecule has 0 bridgehead atoms. The third-order valence-electron chi connectivity index (χ3n) is 2.18. The summed E-state index contributed by atoms with van der Waals surface area (Å²) in [6, 6.07) is 5.64. The fourth-order valence-electron chi connectivity index (χ4n) is 1.51. The molecule has 0 spiro atoms. The van der Waals surface area contributed by atoms with Crippen molar-refractivity contribution in [1.82, 2.24) is 0 Å². The van der Waals surface area contributed by atoms with Gasteiger partial charge in [0.05, 0.1) is 6.61 Å². The minimum Gasteiger partial charge on any atom is -0.488 e. The normalized spacial score (nSPS) is 12.1. The van der Waals surface area contributed by atoms with Crippen molar-refractivity contribution in [1.29, 1.82) is 0 Å². The molecule has 0 aromatic heterocycles. The number of methoxy groups -OCH3 is 1. The van der Waals surface area contributed by atoms with Crippen LogP contribution in [0, 0.1) is 0 Å². The van der Waals surface area contributed by atoms with Crippen LogP contribution < -0.4 is 10.5 Å². The Hall–Kier alpha value is -1.48. The highest BCUT2D eigenvalue weighted by atomic mass is 16.5. The Morgan fingerprint density at radius 1 is 1.50 bits per heavy atom. The SMILES string of the molecule is C=CCc1cc(N)ccc1OC(C)COC. The predicted molar refractivity (Wildman–Crippen MR) is 66.7 cm³/mol. The van der Waals surface area contributed by atoms with E-state index in [1.54, 1.807) is 7.11 Å². The van der Waals surface area contributed by atoms with E-state index in [0.29, 0.717) is 6.61 Å². The highest BCUT2D eigenvalue weighted by Crippen LogP contribution is 2.23. The summed E-state index contributed by atoms with van der Waals surface area (Å²) in [6.45, 7) is 6.26. The molecule has 3 heteroatoms. The maximum Gasteiger partial charge on any atom is 0.123 e. The summed E-state index contributed by atoms with van der Waals surface area (Å²) in [7, 11) is 1.66. The minimum atomic E-state index is 0.0252. The van der Waals surface area contributed by atoms with E-state index < -0.39 is 0 Å². The summed E-state index contributed by atoms with van der Waals surface area (Å²) in [5.41, 5.74) is 7.53. The fraction of sp³-hybridized carbons (Fsp3) is 0.385. The van der Waals surface area contributed by atoms with E-state index in [0.717, 1.165) is 23.4 Å². The molecule has 88 valence electrons. The summed E-state index contributed by atoms with van der Waals surface area (Å²) in [4.78, 5) is 0. The highest BCUT2D eigenvalue weighted by molar-refractivity contribution is 5.48. The van der Waals surface area contributed by atoms with Gasteiger partial charge in [0.25, 0.3) is 0 Å². The number of hydrogen-bond acceptors (Lipinski definition) is 3. The topological polar surface area (TPSA) is 44.5 Å². The van der Waals surface area contributed by atoms with Crippen molar-refractivity contribution in [2.75, 3.05) is 19.5 Å². The molecule has 0 heterocycles. The van der Waals surface area contributed by atoms with Gasteiger partial charge < -0.3 is 15.2 Å². The Morgan fingerprint density at radius 3 is 2.88 bits per heavy atom. The molecule has 1 atom stereocenters. The molecule has 0 aliphatic heterocycles. The molecule has 2 N–H and O–H groups in total. The Labute approximate surface area is 96.9 Å². The summed E-state index contributed by atoms with van der Waals surface area (Å²) in [5.74, 6) is 0.846. The molecule has 1 aromatic carbocycles. The zero-order chi connectivity index (χ0) is 12.0. The standard InChI is InChI=1S/C13H19NO2/c1-4-5-11-8-12(14)6-7-13(11)16-10(2)9-15-3/h4,6-8,10H,1,5,9,14H2,2-3H3. The maximum atomic E-state index is 5.77. The third kappa shape index (κ3) is 3.59. The second-order valence-corrected chi connectivity index (χ2v) is 3.74. The zero-order valence-corrected chi connectivity index (χ0v) is 9.90. The molecular formula is C13H19NO2. The van der Waals surface area contributed by atoms with Crippen LogP contribution in [0.25, 0.3) is 0 Å². The van der Waals surface area contributed by atoms with Crippen LogP contribution in [0.3, 0.4) is 0 Å². The lowest BCUT2D eigenvalue weighted by Crippen LogP contribution is -2.18. The Morgan fingerprint density at radius 2 is 2.25 bits per heavy atom. The van der Waals surface area contributed by atoms with E-state index in [2.05, 4.69) is 6.58 Å². The minimum absolute atomic E-state index is 0.0252. The largest absolute Gasteiger partial charge is 0.488 e.